The van der Waals surface area contributed by atoms with Gasteiger partial charge >= 0.3 is 0 Å². The molecule has 1 atom stereocenters. The summed E-state index contributed by atoms with van der Waals surface area (Å²) in [6, 6.07) is 5.69. The Morgan fingerprint density at radius 3 is 2.40 bits per heavy atom. The molecular formula is C14H18N2O7S2. The number of benzene rings is 1. The molecule has 2 N–H and O–H groups in total. The summed E-state index contributed by atoms with van der Waals surface area (Å²) in [5.74, 6) is -1.51. The van der Waals surface area contributed by atoms with Crippen LogP contribution in [-0.4, -0.2) is 47.0 Å². The lowest BCUT2D eigenvalue weighted by atomic mass is 10.00. The van der Waals surface area contributed by atoms with E-state index in [0.717, 1.165) is 11.8 Å². The highest BCUT2D eigenvalue weighted by atomic mass is 32.2. The number of nitrogens with one attached hydrogen (secondary N) is 1. The smallest absolute Gasteiger partial charge is 0.269 e. The van der Waals surface area contributed by atoms with E-state index in [9.17, 15) is 28.1 Å². The normalized spacial score (nSPS) is 12.4. The van der Waals surface area contributed by atoms with Crippen LogP contribution in [0.25, 0.3) is 0 Å². The number of nitro groups is 1. The Kier molecular flexibility index (Phi) is 8.00. The van der Waals surface area contributed by atoms with E-state index in [0.29, 0.717) is 5.56 Å². The zero-order valence-corrected chi connectivity index (χ0v) is 15.0. The van der Waals surface area contributed by atoms with E-state index in [-0.39, 0.29) is 29.5 Å². The summed E-state index contributed by atoms with van der Waals surface area (Å²) in [6.45, 7) is 1.11. The summed E-state index contributed by atoms with van der Waals surface area (Å²) in [7, 11) is -4.18. The standard InChI is InChI=1S/C14H18N2O7S2/c1-10(17)24-9-12(14(18)15-6-7-25(21,22)23)8-11-2-4-13(5-3-11)16(19)20/h2-5,12H,6-9H2,1H3,(H,15,18)(H,21,22,23). The van der Waals surface area contributed by atoms with Crippen molar-refractivity contribution in [3.05, 3.63) is 39.9 Å². The zero-order valence-electron chi connectivity index (χ0n) is 13.4. The van der Waals surface area contributed by atoms with Crippen LogP contribution in [0.1, 0.15) is 12.5 Å². The second-order valence-corrected chi connectivity index (χ2v) is 7.97. The van der Waals surface area contributed by atoms with Crippen molar-refractivity contribution in [2.45, 2.75) is 13.3 Å². The average Bonchev–Trinajstić information content (AvgIpc) is 2.50. The van der Waals surface area contributed by atoms with E-state index in [1.54, 1.807) is 0 Å². The van der Waals surface area contributed by atoms with E-state index in [2.05, 4.69) is 5.32 Å². The molecule has 0 fully saturated rings. The fourth-order valence-electron chi connectivity index (χ4n) is 1.93. The molecule has 0 radical (unpaired) electrons. The minimum Gasteiger partial charge on any atom is -0.355 e. The molecule has 1 rings (SSSR count). The highest BCUT2D eigenvalue weighted by Gasteiger charge is 2.21. The Labute approximate surface area is 149 Å². The van der Waals surface area contributed by atoms with E-state index in [1.165, 1.54) is 31.2 Å². The first-order valence-electron chi connectivity index (χ1n) is 7.18. The van der Waals surface area contributed by atoms with Crippen LogP contribution in [-0.2, 0) is 26.1 Å². The predicted molar refractivity (Wildman–Crippen MR) is 92.9 cm³/mol. The molecule has 0 spiro atoms. The van der Waals surface area contributed by atoms with Gasteiger partial charge in [-0.25, -0.2) is 0 Å². The van der Waals surface area contributed by atoms with E-state index in [1.807, 2.05) is 0 Å². The average molecular weight is 390 g/mol. The van der Waals surface area contributed by atoms with Crippen LogP contribution in [0.4, 0.5) is 5.69 Å². The molecule has 1 aromatic rings. The molecule has 0 aliphatic carbocycles. The topological polar surface area (TPSA) is 144 Å². The maximum atomic E-state index is 12.2. The van der Waals surface area contributed by atoms with Crippen LogP contribution in [0.3, 0.4) is 0 Å². The van der Waals surface area contributed by atoms with Crippen molar-refractivity contribution in [2.75, 3.05) is 18.1 Å². The summed E-state index contributed by atoms with van der Waals surface area (Å²) >= 11 is 0.958. The third-order valence-electron chi connectivity index (χ3n) is 3.15. The molecule has 0 aliphatic rings. The first kappa shape index (κ1) is 21.1. The monoisotopic (exact) mass is 390 g/mol. The van der Waals surface area contributed by atoms with Crippen LogP contribution >= 0.6 is 11.8 Å². The number of rotatable bonds is 9. The molecule has 0 aliphatic heterocycles. The summed E-state index contributed by atoms with van der Waals surface area (Å²) in [4.78, 5) is 33.5. The quantitative estimate of drug-likeness (QED) is 0.361. The van der Waals surface area contributed by atoms with Crippen molar-refractivity contribution in [3.63, 3.8) is 0 Å². The molecule has 0 saturated carbocycles. The van der Waals surface area contributed by atoms with Gasteiger partial charge in [-0.2, -0.15) is 8.42 Å². The second kappa shape index (κ2) is 9.49. The summed E-state index contributed by atoms with van der Waals surface area (Å²) in [5, 5.41) is 12.9. The number of hydrogen-bond acceptors (Lipinski definition) is 7. The molecule has 9 nitrogen and oxygen atoms in total. The van der Waals surface area contributed by atoms with Gasteiger partial charge in [0.2, 0.25) is 5.91 Å². The van der Waals surface area contributed by atoms with Crippen LogP contribution < -0.4 is 5.32 Å². The van der Waals surface area contributed by atoms with Crippen LogP contribution in [0.5, 0.6) is 0 Å². The lowest BCUT2D eigenvalue weighted by Gasteiger charge is -2.16. The van der Waals surface area contributed by atoms with Crippen molar-refractivity contribution in [1.82, 2.24) is 5.32 Å². The molecule has 25 heavy (non-hydrogen) atoms. The lowest BCUT2D eigenvalue weighted by Crippen LogP contribution is -2.36. The maximum Gasteiger partial charge on any atom is 0.269 e. The van der Waals surface area contributed by atoms with Gasteiger partial charge in [-0.15, -0.1) is 0 Å². The van der Waals surface area contributed by atoms with Crippen molar-refractivity contribution >= 4 is 38.6 Å². The molecule has 1 unspecified atom stereocenters. The lowest BCUT2D eigenvalue weighted by molar-refractivity contribution is -0.384. The van der Waals surface area contributed by atoms with E-state index >= 15 is 0 Å². The number of non-ortho nitro benzene ring substituents is 1. The van der Waals surface area contributed by atoms with Gasteiger partial charge in [0.25, 0.3) is 15.8 Å². The number of hydrogen-bond donors (Lipinski definition) is 2. The minimum absolute atomic E-state index is 0.0731. The maximum absolute atomic E-state index is 12.2. The number of thioether (sulfide) groups is 1. The molecule has 0 aromatic heterocycles. The number of amides is 1. The van der Waals surface area contributed by atoms with Crippen LogP contribution in [0, 0.1) is 16.0 Å². The van der Waals surface area contributed by atoms with Gasteiger partial charge in [-0.3, -0.25) is 24.3 Å². The molecule has 0 heterocycles. The Hall–Kier alpha value is -1.98. The Morgan fingerprint density at radius 1 is 1.32 bits per heavy atom. The largest absolute Gasteiger partial charge is 0.355 e. The Morgan fingerprint density at radius 2 is 1.92 bits per heavy atom. The van der Waals surface area contributed by atoms with Gasteiger partial charge in [0.15, 0.2) is 5.12 Å². The highest BCUT2D eigenvalue weighted by Crippen LogP contribution is 2.18. The Bertz CT molecular complexity index is 732. The fourth-order valence-corrected chi connectivity index (χ4v) is 3.00. The molecule has 0 bridgehead atoms. The first-order chi connectivity index (χ1) is 11.6. The molecular weight excluding hydrogens is 372 g/mol. The van der Waals surface area contributed by atoms with Crippen molar-refractivity contribution in [1.29, 1.82) is 0 Å². The van der Waals surface area contributed by atoms with Crippen LogP contribution in [0.2, 0.25) is 0 Å². The third kappa shape index (κ3) is 8.61. The van der Waals surface area contributed by atoms with Gasteiger partial charge in [-0.1, -0.05) is 23.9 Å². The Balaban J connectivity index is 2.75. The second-order valence-electron chi connectivity index (χ2n) is 5.20. The van der Waals surface area contributed by atoms with Gasteiger partial charge in [0, 0.05) is 31.4 Å². The zero-order chi connectivity index (χ0) is 19.0. The van der Waals surface area contributed by atoms with Crippen molar-refractivity contribution in [3.8, 4) is 0 Å². The molecule has 1 amide bonds. The molecule has 11 heteroatoms. The van der Waals surface area contributed by atoms with Gasteiger partial charge in [-0.05, 0) is 12.0 Å². The fraction of sp³-hybridized carbons (Fsp3) is 0.429. The first-order valence-corrected chi connectivity index (χ1v) is 9.77. The van der Waals surface area contributed by atoms with Crippen molar-refractivity contribution in [2.24, 2.45) is 5.92 Å². The molecule has 1 aromatic carbocycles. The van der Waals surface area contributed by atoms with Crippen LogP contribution in [0.15, 0.2) is 24.3 Å². The summed E-state index contributed by atoms with van der Waals surface area (Å²) in [5.41, 5.74) is 0.598. The number of carbonyl (C=O) groups is 2. The molecule has 0 saturated heterocycles. The minimum atomic E-state index is -4.18. The number of nitro benzene ring substituents is 1. The predicted octanol–water partition coefficient (Wildman–Crippen LogP) is 1.04. The van der Waals surface area contributed by atoms with Gasteiger partial charge in [0.05, 0.1) is 16.6 Å². The molecule has 138 valence electrons. The number of carbonyl (C=O) groups excluding carboxylic acids is 2. The van der Waals surface area contributed by atoms with Gasteiger partial charge in [0.1, 0.15) is 0 Å². The summed E-state index contributed by atoms with van der Waals surface area (Å²) in [6.07, 6.45) is 0.232. The van der Waals surface area contributed by atoms with E-state index in [4.69, 9.17) is 4.55 Å². The van der Waals surface area contributed by atoms with E-state index < -0.39 is 32.6 Å². The summed E-state index contributed by atoms with van der Waals surface area (Å²) < 4.78 is 30.0. The third-order valence-corrected chi connectivity index (χ3v) is 4.84. The SMILES string of the molecule is CC(=O)SCC(Cc1ccc([N+](=O)[O-])cc1)C(=O)NCCS(=O)(=O)O. The van der Waals surface area contributed by atoms with Gasteiger partial charge < -0.3 is 5.32 Å². The highest BCUT2D eigenvalue weighted by molar-refractivity contribution is 8.13. The van der Waals surface area contributed by atoms with Crippen molar-refractivity contribution < 1.29 is 27.5 Å². The number of nitrogens with zero attached hydrogens (tertiary/aromatic N) is 1.